The summed E-state index contributed by atoms with van der Waals surface area (Å²) in [6.45, 7) is 5.62. The zero-order valence-corrected chi connectivity index (χ0v) is 17.1. The fraction of sp³-hybridized carbons (Fsp3) is 0.417. The van der Waals surface area contributed by atoms with E-state index in [1.807, 2.05) is 17.9 Å². The summed E-state index contributed by atoms with van der Waals surface area (Å²) in [5.74, 6) is 1.59. The van der Waals surface area contributed by atoms with Crippen molar-refractivity contribution in [1.29, 1.82) is 5.26 Å². The second-order valence-corrected chi connectivity index (χ2v) is 7.42. The molecule has 0 aromatic heterocycles. The summed E-state index contributed by atoms with van der Waals surface area (Å²) >= 11 is 0. The molecule has 0 saturated carbocycles. The molecule has 1 aliphatic rings. The molecule has 1 amide bonds. The van der Waals surface area contributed by atoms with Crippen molar-refractivity contribution < 1.29 is 14.3 Å². The number of amides is 1. The van der Waals surface area contributed by atoms with Gasteiger partial charge in [0.25, 0.3) is 5.91 Å². The van der Waals surface area contributed by atoms with Gasteiger partial charge in [-0.05, 0) is 56.7 Å². The first-order chi connectivity index (χ1) is 14.1. The molecule has 152 valence electrons. The minimum atomic E-state index is -0.604. The van der Waals surface area contributed by atoms with Crippen LogP contribution in [0.4, 0.5) is 0 Å². The van der Waals surface area contributed by atoms with E-state index in [0.717, 1.165) is 32.4 Å². The van der Waals surface area contributed by atoms with Gasteiger partial charge in [-0.15, -0.1) is 0 Å². The smallest absolute Gasteiger partial charge is 0.263 e. The maximum absolute atomic E-state index is 12.9. The standard InChI is InChI=1S/C24H28N2O3/c1-3-28-23-16-21(17-25)9-10-22(23)29-18(2)24(27)26-13-11-20(12-14-26)15-19-7-5-4-6-8-19/h4-10,16,18,20H,3,11-15H2,1-2H3. The lowest BCUT2D eigenvalue weighted by atomic mass is 9.90. The van der Waals surface area contributed by atoms with Crippen LogP contribution in [0.1, 0.15) is 37.8 Å². The largest absolute Gasteiger partial charge is 0.490 e. The summed E-state index contributed by atoms with van der Waals surface area (Å²) in [5, 5.41) is 9.07. The van der Waals surface area contributed by atoms with E-state index in [1.54, 1.807) is 25.1 Å². The van der Waals surface area contributed by atoms with Crippen molar-refractivity contribution >= 4 is 5.91 Å². The van der Waals surface area contributed by atoms with Crippen molar-refractivity contribution in [3.8, 4) is 17.6 Å². The van der Waals surface area contributed by atoms with Gasteiger partial charge in [0, 0.05) is 19.2 Å². The molecule has 2 aromatic carbocycles. The molecule has 0 bridgehead atoms. The molecule has 1 saturated heterocycles. The highest BCUT2D eigenvalue weighted by Crippen LogP contribution is 2.30. The Hall–Kier alpha value is -3.00. The van der Waals surface area contributed by atoms with E-state index in [-0.39, 0.29) is 5.91 Å². The lowest BCUT2D eigenvalue weighted by molar-refractivity contribution is -0.139. The molecule has 0 spiro atoms. The Balaban J connectivity index is 1.55. The first kappa shape index (κ1) is 20.7. The van der Waals surface area contributed by atoms with E-state index in [4.69, 9.17) is 14.7 Å². The molecule has 0 radical (unpaired) electrons. The lowest BCUT2D eigenvalue weighted by Crippen LogP contribution is -2.45. The Labute approximate surface area is 172 Å². The Morgan fingerprint density at radius 2 is 1.90 bits per heavy atom. The van der Waals surface area contributed by atoms with Crippen LogP contribution >= 0.6 is 0 Å². The number of likely N-dealkylation sites (tertiary alicyclic amines) is 1. The summed E-state index contributed by atoms with van der Waals surface area (Å²) in [7, 11) is 0. The maximum Gasteiger partial charge on any atom is 0.263 e. The van der Waals surface area contributed by atoms with Crippen molar-refractivity contribution in [3.05, 3.63) is 59.7 Å². The van der Waals surface area contributed by atoms with Gasteiger partial charge < -0.3 is 14.4 Å². The summed E-state index contributed by atoms with van der Waals surface area (Å²) in [5.41, 5.74) is 1.86. The molecular formula is C24H28N2O3. The monoisotopic (exact) mass is 392 g/mol. The molecule has 0 N–H and O–H groups in total. The molecule has 1 fully saturated rings. The Morgan fingerprint density at radius 1 is 1.17 bits per heavy atom. The number of nitrogens with zero attached hydrogens (tertiary/aromatic N) is 2. The van der Waals surface area contributed by atoms with Crippen LogP contribution in [0.3, 0.4) is 0 Å². The van der Waals surface area contributed by atoms with Gasteiger partial charge >= 0.3 is 0 Å². The van der Waals surface area contributed by atoms with Crippen molar-refractivity contribution in [2.75, 3.05) is 19.7 Å². The zero-order chi connectivity index (χ0) is 20.6. The maximum atomic E-state index is 12.9. The van der Waals surface area contributed by atoms with Gasteiger partial charge in [0.05, 0.1) is 18.2 Å². The predicted molar refractivity (Wildman–Crippen MR) is 112 cm³/mol. The van der Waals surface area contributed by atoms with Crippen LogP contribution in [0, 0.1) is 17.2 Å². The van der Waals surface area contributed by atoms with Gasteiger partial charge in [-0.2, -0.15) is 5.26 Å². The van der Waals surface area contributed by atoms with Crippen LogP contribution in [0.25, 0.3) is 0 Å². The number of benzene rings is 2. The van der Waals surface area contributed by atoms with Gasteiger partial charge in [0.2, 0.25) is 0 Å². The highest BCUT2D eigenvalue weighted by atomic mass is 16.5. The summed E-state index contributed by atoms with van der Waals surface area (Å²) in [6.07, 6.45) is 2.48. The zero-order valence-electron chi connectivity index (χ0n) is 17.1. The molecule has 2 aromatic rings. The van der Waals surface area contributed by atoms with Crippen LogP contribution in [-0.4, -0.2) is 36.6 Å². The first-order valence-corrected chi connectivity index (χ1v) is 10.3. The normalized spacial score (nSPS) is 15.4. The second-order valence-electron chi connectivity index (χ2n) is 7.42. The third-order valence-corrected chi connectivity index (χ3v) is 5.32. The summed E-state index contributed by atoms with van der Waals surface area (Å²) in [4.78, 5) is 14.8. The molecule has 5 nitrogen and oxygen atoms in total. The van der Waals surface area contributed by atoms with Gasteiger partial charge in [-0.1, -0.05) is 30.3 Å². The number of rotatable bonds is 7. The Morgan fingerprint density at radius 3 is 2.55 bits per heavy atom. The van der Waals surface area contributed by atoms with Crippen LogP contribution < -0.4 is 9.47 Å². The van der Waals surface area contributed by atoms with E-state index in [2.05, 4.69) is 30.3 Å². The van der Waals surface area contributed by atoms with E-state index in [1.165, 1.54) is 5.56 Å². The van der Waals surface area contributed by atoms with Gasteiger partial charge in [-0.25, -0.2) is 0 Å². The SMILES string of the molecule is CCOc1cc(C#N)ccc1OC(C)C(=O)N1CCC(Cc2ccccc2)CC1. The minimum Gasteiger partial charge on any atom is -0.490 e. The molecule has 1 aliphatic heterocycles. The molecular weight excluding hydrogens is 364 g/mol. The average molecular weight is 392 g/mol. The predicted octanol–water partition coefficient (Wildman–Crippen LogP) is 4.21. The average Bonchev–Trinajstić information content (AvgIpc) is 2.76. The van der Waals surface area contributed by atoms with Crippen molar-refractivity contribution in [2.24, 2.45) is 5.92 Å². The van der Waals surface area contributed by atoms with Gasteiger partial charge in [0.1, 0.15) is 0 Å². The lowest BCUT2D eigenvalue weighted by Gasteiger charge is -2.33. The van der Waals surface area contributed by atoms with Crippen molar-refractivity contribution in [3.63, 3.8) is 0 Å². The fourth-order valence-electron chi connectivity index (χ4n) is 3.75. The number of ether oxygens (including phenoxy) is 2. The topological polar surface area (TPSA) is 62.6 Å². The van der Waals surface area contributed by atoms with Crippen LogP contribution in [0.2, 0.25) is 0 Å². The third kappa shape index (κ3) is 5.51. The van der Waals surface area contributed by atoms with E-state index < -0.39 is 6.10 Å². The number of hydrogen-bond donors (Lipinski definition) is 0. The highest BCUT2D eigenvalue weighted by molar-refractivity contribution is 5.81. The van der Waals surface area contributed by atoms with E-state index >= 15 is 0 Å². The Kier molecular flexibility index (Phi) is 7.13. The van der Waals surface area contributed by atoms with Gasteiger partial charge in [-0.3, -0.25) is 4.79 Å². The summed E-state index contributed by atoms with van der Waals surface area (Å²) in [6, 6.07) is 17.6. The third-order valence-electron chi connectivity index (χ3n) is 5.32. The fourth-order valence-corrected chi connectivity index (χ4v) is 3.75. The number of hydrogen-bond acceptors (Lipinski definition) is 4. The Bertz CT molecular complexity index is 852. The van der Waals surface area contributed by atoms with Crippen LogP contribution in [0.5, 0.6) is 11.5 Å². The first-order valence-electron chi connectivity index (χ1n) is 10.3. The molecule has 3 rings (SSSR count). The number of carbonyl (C=O) groups excluding carboxylic acids is 1. The quantitative estimate of drug-likeness (QED) is 0.708. The molecule has 5 heteroatoms. The molecule has 1 unspecified atom stereocenters. The van der Waals surface area contributed by atoms with Crippen molar-refractivity contribution in [2.45, 2.75) is 39.2 Å². The second kappa shape index (κ2) is 9.97. The molecule has 29 heavy (non-hydrogen) atoms. The molecule has 1 heterocycles. The van der Waals surface area contributed by atoms with Gasteiger partial charge in [0.15, 0.2) is 17.6 Å². The highest BCUT2D eigenvalue weighted by Gasteiger charge is 2.27. The molecule has 0 aliphatic carbocycles. The molecule has 1 atom stereocenters. The van der Waals surface area contributed by atoms with E-state index in [9.17, 15) is 4.79 Å². The van der Waals surface area contributed by atoms with Crippen molar-refractivity contribution in [1.82, 2.24) is 4.90 Å². The van der Waals surface area contributed by atoms with Crippen LogP contribution in [0.15, 0.2) is 48.5 Å². The summed E-state index contributed by atoms with van der Waals surface area (Å²) < 4.78 is 11.5. The number of carbonyl (C=O) groups is 1. The minimum absolute atomic E-state index is 0.00466. The van der Waals surface area contributed by atoms with Crippen LogP contribution in [-0.2, 0) is 11.2 Å². The van der Waals surface area contributed by atoms with E-state index in [0.29, 0.717) is 29.6 Å². The number of nitriles is 1. The number of piperidine rings is 1.